The highest BCUT2D eigenvalue weighted by molar-refractivity contribution is 7.80. The summed E-state index contributed by atoms with van der Waals surface area (Å²) in [6, 6.07) is 10.4. The molecule has 1 rings (SSSR count). The van der Waals surface area contributed by atoms with Crippen LogP contribution in [0.4, 0.5) is 0 Å². The van der Waals surface area contributed by atoms with Crippen molar-refractivity contribution >= 4 is 17.3 Å². The van der Waals surface area contributed by atoms with Gasteiger partial charge in [-0.2, -0.15) is 0 Å². The van der Waals surface area contributed by atoms with E-state index in [2.05, 4.69) is 41.8 Å². The first-order chi connectivity index (χ1) is 7.33. The second kappa shape index (κ2) is 7.23. The van der Waals surface area contributed by atoms with Crippen molar-refractivity contribution in [2.24, 2.45) is 0 Å². The predicted molar refractivity (Wildman–Crippen MR) is 69.0 cm³/mol. The normalized spacial score (nSPS) is 9.67. The molecule has 0 aromatic heterocycles. The first kappa shape index (κ1) is 12.0. The van der Waals surface area contributed by atoms with Crippen molar-refractivity contribution in [3.63, 3.8) is 0 Å². The number of rotatable bonds is 5. The van der Waals surface area contributed by atoms with E-state index in [4.69, 9.17) is 12.2 Å². The van der Waals surface area contributed by atoms with Gasteiger partial charge in [-0.05, 0) is 30.6 Å². The van der Waals surface area contributed by atoms with E-state index < -0.39 is 0 Å². The number of benzene rings is 1. The average molecular weight is 222 g/mol. The molecule has 1 aromatic rings. The molecule has 0 aliphatic carbocycles. The Bertz CT molecular complexity index is 285. The van der Waals surface area contributed by atoms with Crippen LogP contribution in [-0.2, 0) is 6.42 Å². The number of hydrogen-bond donors (Lipinski definition) is 2. The molecule has 15 heavy (non-hydrogen) atoms. The lowest BCUT2D eigenvalue weighted by atomic mass is 10.1. The van der Waals surface area contributed by atoms with Crippen LogP contribution >= 0.6 is 12.2 Å². The minimum atomic E-state index is 0.757. The zero-order chi connectivity index (χ0) is 10.9. The minimum Gasteiger partial charge on any atom is -0.363 e. The zero-order valence-corrected chi connectivity index (χ0v) is 9.94. The molecular weight excluding hydrogens is 204 g/mol. The number of nitrogens with one attached hydrogen (secondary N) is 2. The Kier molecular flexibility index (Phi) is 5.78. The van der Waals surface area contributed by atoms with Crippen LogP contribution in [0.15, 0.2) is 30.3 Å². The molecule has 0 spiro atoms. The van der Waals surface area contributed by atoms with Crippen molar-refractivity contribution in [1.29, 1.82) is 0 Å². The summed E-state index contributed by atoms with van der Waals surface area (Å²) in [5, 5.41) is 7.08. The standard InChI is InChI=1S/C12H18N2S/c1-2-9-13-12(15)14-10-8-11-6-4-3-5-7-11/h3-7H,2,8-10H2,1H3,(H2,13,14,15). The summed E-state index contributed by atoms with van der Waals surface area (Å²) < 4.78 is 0. The molecule has 0 aliphatic rings. The Labute approximate surface area is 97.1 Å². The second-order valence-electron chi connectivity index (χ2n) is 3.42. The molecule has 2 N–H and O–H groups in total. The van der Waals surface area contributed by atoms with Crippen LogP contribution in [0.1, 0.15) is 18.9 Å². The van der Waals surface area contributed by atoms with Gasteiger partial charge in [0.1, 0.15) is 0 Å². The van der Waals surface area contributed by atoms with Gasteiger partial charge in [0, 0.05) is 13.1 Å². The van der Waals surface area contributed by atoms with Crippen molar-refractivity contribution in [1.82, 2.24) is 10.6 Å². The monoisotopic (exact) mass is 222 g/mol. The van der Waals surface area contributed by atoms with Crippen LogP contribution in [-0.4, -0.2) is 18.2 Å². The Hall–Kier alpha value is -1.09. The minimum absolute atomic E-state index is 0.757. The van der Waals surface area contributed by atoms with Crippen LogP contribution < -0.4 is 10.6 Å². The summed E-state index contributed by atoms with van der Waals surface area (Å²) in [4.78, 5) is 0. The van der Waals surface area contributed by atoms with Crippen LogP contribution in [0.2, 0.25) is 0 Å². The lowest BCUT2D eigenvalue weighted by Gasteiger charge is -2.09. The van der Waals surface area contributed by atoms with Crippen LogP contribution in [0.3, 0.4) is 0 Å². The molecule has 0 heterocycles. The van der Waals surface area contributed by atoms with Crippen molar-refractivity contribution in [2.75, 3.05) is 13.1 Å². The van der Waals surface area contributed by atoms with Gasteiger partial charge in [-0.3, -0.25) is 0 Å². The molecule has 0 atom stereocenters. The molecule has 2 nitrogen and oxygen atoms in total. The van der Waals surface area contributed by atoms with Gasteiger partial charge in [-0.1, -0.05) is 37.3 Å². The van der Waals surface area contributed by atoms with E-state index in [1.807, 2.05) is 6.07 Å². The van der Waals surface area contributed by atoms with Crippen molar-refractivity contribution in [2.45, 2.75) is 19.8 Å². The van der Waals surface area contributed by atoms with E-state index in [1.165, 1.54) is 5.56 Å². The molecule has 0 amide bonds. The lowest BCUT2D eigenvalue weighted by Crippen LogP contribution is -2.36. The summed E-state index contributed by atoms with van der Waals surface area (Å²) in [6.07, 6.45) is 2.11. The molecule has 0 fully saturated rings. The molecule has 0 unspecified atom stereocenters. The lowest BCUT2D eigenvalue weighted by molar-refractivity contribution is 0.791. The Balaban J connectivity index is 2.14. The van der Waals surface area contributed by atoms with E-state index in [0.29, 0.717) is 0 Å². The van der Waals surface area contributed by atoms with Crippen molar-refractivity contribution in [3.05, 3.63) is 35.9 Å². The predicted octanol–water partition coefficient (Wildman–Crippen LogP) is 2.10. The molecule has 0 saturated heterocycles. The van der Waals surface area contributed by atoms with Crippen molar-refractivity contribution < 1.29 is 0 Å². The third-order valence-corrected chi connectivity index (χ3v) is 2.37. The average Bonchev–Trinajstić information content (AvgIpc) is 2.28. The van der Waals surface area contributed by atoms with Crippen LogP contribution in [0.25, 0.3) is 0 Å². The van der Waals surface area contributed by atoms with E-state index in [0.717, 1.165) is 31.0 Å². The van der Waals surface area contributed by atoms with Gasteiger partial charge in [-0.15, -0.1) is 0 Å². The molecular formula is C12H18N2S. The van der Waals surface area contributed by atoms with Crippen molar-refractivity contribution in [3.8, 4) is 0 Å². The Morgan fingerprint density at radius 3 is 2.47 bits per heavy atom. The van der Waals surface area contributed by atoms with Gasteiger partial charge in [-0.25, -0.2) is 0 Å². The topological polar surface area (TPSA) is 24.1 Å². The van der Waals surface area contributed by atoms with Crippen LogP contribution in [0.5, 0.6) is 0 Å². The van der Waals surface area contributed by atoms with Gasteiger partial charge >= 0.3 is 0 Å². The Morgan fingerprint density at radius 1 is 1.13 bits per heavy atom. The highest BCUT2D eigenvalue weighted by atomic mass is 32.1. The van der Waals surface area contributed by atoms with E-state index in [9.17, 15) is 0 Å². The quantitative estimate of drug-likeness (QED) is 0.746. The molecule has 82 valence electrons. The zero-order valence-electron chi connectivity index (χ0n) is 9.12. The maximum atomic E-state index is 5.11. The van der Waals surface area contributed by atoms with Gasteiger partial charge in [0.15, 0.2) is 5.11 Å². The highest BCUT2D eigenvalue weighted by Crippen LogP contribution is 1.97. The molecule has 0 aliphatic heterocycles. The van der Waals surface area contributed by atoms with Crippen LogP contribution in [0, 0.1) is 0 Å². The van der Waals surface area contributed by atoms with Gasteiger partial charge in [0.05, 0.1) is 0 Å². The first-order valence-corrected chi connectivity index (χ1v) is 5.79. The smallest absolute Gasteiger partial charge is 0.166 e. The molecule has 3 heteroatoms. The fourth-order valence-electron chi connectivity index (χ4n) is 1.27. The van der Waals surface area contributed by atoms with Gasteiger partial charge in [0.25, 0.3) is 0 Å². The van der Waals surface area contributed by atoms with E-state index >= 15 is 0 Å². The fourth-order valence-corrected chi connectivity index (χ4v) is 1.47. The first-order valence-electron chi connectivity index (χ1n) is 5.38. The molecule has 0 radical (unpaired) electrons. The summed E-state index contributed by atoms with van der Waals surface area (Å²) in [6.45, 7) is 3.95. The largest absolute Gasteiger partial charge is 0.363 e. The Morgan fingerprint density at radius 2 is 1.80 bits per heavy atom. The van der Waals surface area contributed by atoms with E-state index in [1.54, 1.807) is 0 Å². The van der Waals surface area contributed by atoms with E-state index in [-0.39, 0.29) is 0 Å². The van der Waals surface area contributed by atoms with Gasteiger partial charge in [0.2, 0.25) is 0 Å². The summed E-state index contributed by atoms with van der Waals surface area (Å²) in [5.41, 5.74) is 1.34. The third kappa shape index (κ3) is 5.37. The third-order valence-electron chi connectivity index (χ3n) is 2.08. The molecule has 0 saturated carbocycles. The van der Waals surface area contributed by atoms with Gasteiger partial charge < -0.3 is 10.6 Å². The highest BCUT2D eigenvalue weighted by Gasteiger charge is 1.94. The second-order valence-corrected chi connectivity index (χ2v) is 3.83. The maximum Gasteiger partial charge on any atom is 0.166 e. The number of thiocarbonyl (C=S) groups is 1. The molecule has 1 aromatic carbocycles. The fraction of sp³-hybridized carbons (Fsp3) is 0.417. The summed E-state index contributed by atoms with van der Waals surface area (Å²) in [5.74, 6) is 0. The maximum absolute atomic E-state index is 5.11. The number of hydrogen-bond acceptors (Lipinski definition) is 1. The summed E-state index contributed by atoms with van der Waals surface area (Å²) in [7, 11) is 0. The molecule has 0 bridgehead atoms. The SMILES string of the molecule is CCCNC(=S)NCCc1ccccc1. The summed E-state index contributed by atoms with van der Waals surface area (Å²) >= 11 is 5.11.